The first-order valence-corrected chi connectivity index (χ1v) is 9.13. The summed E-state index contributed by atoms with van der Waals surface area (Å²) in [5, 5.41) is 0. The Hall–Kier alpha value is -2.29. The Balaban J connectivity index is 1.95. The molecule has 3 aliphatic rings. The number of nitrogens with two attached hydrogens (primary N) is 1. The summed E-state index contributed by atoms with van der Waals surface area (Å²) < 4.78 is 1.65. The third-order valence-electron chi connectivity index (χ3n) is 5.50. The second-order valence-electron chi connectivity index (χ2n) is 7.15. The van der Waals surface area contributed by atoms with Crippen LogP contribution in [0.15, 0.2) is 4.99 Å². The second-order valence-corrected chi connectivity index (χ2v) is 7.15. The van der Waals surface area contributed by atoms with Crippen LogP contribution < -0.4 is 5.73 Å². The molecule has 0 aromatic rings. The summed E-state index contributed by atoms with van der Waals surface area (Å²) in [6.45, 7) is 3.58. The number of nitrogens with zero attached hydrogens (tertiary/aromatic N) is 5. The zero-order chi connectivity index (χ0) is 19.0. The number of fused-ring (bicyclic) bond motifs is 1. The van der Waals surface area contributed by atoms with Gasteiger partial charge in [-0.3, -0.25) is 24.3 Å². The minimum atomic E-state index is -0.768. The SMILES string of the molecule is CCC1CCCCN1CC1=[N+](CC(N)=O)C2C(=O)N(C)C(=O)N(C)C2=N1. The molecule has 26 heavy (non-hydrogen) atoms. The number of likely N-dealkylation sites (tertiary alicyclic amines) is 1. The standard InChI is InChI=1S/C17H26N6O3/c1-4-11-7-5-6-8-22(11)10-13-19-15-14(23(13)9-12(18)24)16(25)21(3)17(26)20(15)2/h11,14H,4-10H2,1-3H3,(H-,18,24)/p+1. The monoisotopic (exact) mass is 363 g/mol. The Morgan fingerprint density at radius 3 is 2.65 bits per heavy atom. The van der Waals surface area contributed by atoms with Crippen molar-refractivity contribution in [1.82, 2.24) is 14.7 Å². The molecular formula is C17H27N6O3+. The summed E-state index contributed by atoms with van der Waals surface area (Å²) in [5.41, 5.74) is 5.42. The minimum Gasteiger partial charge on any atom is -0.366 e. The van der Waals surface area contributed by atoms with E-state index in [0.717, 1.165) is 30.7 Å². The Morgan fingerprint density at radius 1 is 1.27 bits per heavy atom. The second kappa shape index (κ2) is 7.14. The average molecular weight is 363 g/mol. The van der Waals surface area contributed by atoms with Crippen LogP contribution >= 0.6 is 0 Å². The van der Waals surface area contributed by atoms with Gasteiger partial charge in [0.05, 0.1) is 0 Å². The van der Waals surface area contributed by atoms with Gasteiger partial charge in [0.25, 0.3) is 23.7 Å². The molecule has 9 nitrogen and oxygen atoms in total. The van der Waals surface area contributed by atoms with Gasteiger partial charge >= 0.3 is 11.9 Å². The summed E-state index contributed by atoms with van der Waals surface area (Å²) >= 11 is 0. The average Bonchev–Trinajstić information content (AvgIpc) is 2.96. The van der Waals surface area contributed by atoms with E-state index >= 15 is 0 Å². The third-order valence-corrected chi connectivity index (χ3v) is 5.50. The first kappa shape index (κ1) is 18.5. The summed E-state index contributed by atoms with van der Waals surface area (Å²) in [7, 11) is 3.04. The molecular weight excluding hydrogens is 336 g/mol. The summed E-state index contributed by atoms with van der Waals surface area (Å²) in [4.78, 5) is 45.9. The number of urea groups is 1. The Morgan fingerprint density at radius 2 is 2.00 bits per heavy atom. The molecule has 4 amide bonds. The van der Waals surface area contributed by atoms with Crippen molar-refractivity contribution in [1.29, 1.82) is 0 Å². The lowest BCUT2D eigenvalue weighted by atomic mass is 10.00. The maximum Gasteiger partial charge on any atom is 0.333 e. The van der Waals surface area contributed by atoms with E-state index in [-0.39, 0.29) is 12.5 Å². The number of rotatable bonds is 5. The number of carbonyl (C=O) groups is 3. The number of hydrogen-bond donors (Lipinski definition) is 1. The van der Waals surface area contributed by atoms with Crippen LogP contribution in [0.5, 0.6) is 0 Å². The Bertz CT molecular complexity index is 701. The molecule has 3 aliphatic heterocycles. The van der Waals surface area contributed by atoms with Crippen molar-refractivity contribution >= 4 is 29.5 Å². The molecule has 2 N–H and O–H groups in total. The van der Waals surface area contributed by atoms with Crippen LogP contribution in [0.4, 0.5) is 4.79 Å². The number of imide groups is 1. The van der Waals surface area contributed by atoms with Crippen molar-refractivity contribution in [2.75, 3.05) is 33.7 Å². The molecule has 0 saturated carbocycles. The van der Waals surface area contributed by atoms with Crippen molar-refractivity contribution in [3.05, 3.63) is 0 Å². The van der Waals surface area contributed by atoms with Crippen molar-refractivity contribution in [2.24, 2.45) is 10.7 Å². The van der Waals surface area contributed by atoms with Crippen LogP contribution in [0.3, 0.4) is 0 Å². The number of primary amides is 1. The zero-order valence-electron chi connectivity index (χ0n) is 15.6. The van der Waals surface area contributed by atoms with Gasteiger partial charge in [0.15, 0.2) is 6.54 Å². The van der Waals surface area contributed by atoms with E-state index in [0.29, 0.717) is 24.3 Å². The summed E-state index contributed by atoms with van der Waals surface area (Å²) in [5.74, 6) is 0.0975. The molecule has 0 spiro atoms. The molecule has 3 rings (SSSR count). The predicted octanol–water partition coefficient (Wildman–Crippen LogP) is -0.548. The van der Waals surface area contributed by atoms with Gasteiger partial charge in [-0.25, -0.2) is 9.37 Å². The molecule has 0 bridgehead atoms. The van der Waals surface area contributed by atoms with Gasteiger partial charge in [-0.05, 0) is 30.8 Å². The normalized spacial score (nSPS) is 27.1. The van der Waals surface area contributed by atoms with E-state index in [1.807, 2.05) is 0 Å². The molecule has 2 unspecified atom stereocenters. The fourth-order valence-corrected chi connectivity index (χ4v) is 4.04. The van der Waals surface area contributed by atoms with Crippen LogP contribution in [-0.4, -0.2) is 94.6 Å². The van der Waals surface area contributed by atoms with Gasteiger partial charge < -0.3 is 5.73 Å². The van der Waals surface area contributed by atoms with Gasteiger partial charge in [-0.15, -0.1) is 0 Å². The minimum absolute atomic E-state index is 0.0980. The number of likely N-dealkylation sites (N-methyl/N-ethyl adjacent to an activating group) is 2. The first-order chi connectivity index (χ1) is 12.3. The van der Waals surface area contributed by atoms with E-state index in [4.69, 9.17) is 5.73 Å². The van der Waals surface area contributed by atoms with Crippen LogP contribution in [0.2, 0.25) is 0 Å². The van der Waals surface area contributed by atoms with Gasteiger partial charge in [-0.2, -0.15) is 0 Å². The maximum atomic E-state index is 12.7. The number of amidine groups is 2. The Kier molecular flexibility index (Phi) is 5.08. The highest BCUT2D eigenvalue weighted by atomic mass is 16.2. The van der Waals surface area contributed by atoms with E-state index in [2.05, 4.69) is 16.8 Å². The van der Waals surface area contributed by atoms with E-state index in [1.54, 1.807) is 11.6 Å². The van der Waals surface area contributed by atoms with Crippen LogP contribution in [0.1, 0.15) is 32.6 Å². The van der Waals surface area contributed by atoms with E-state index in [9.17, 15) is 14.4 Å². The largest absolute Gasteiger partial charge is 0.366 e. The van der Waals surface area contributed by atoms with Gasteiger partial charge in [0.2, 0.25) is 0 Å². The van der Waals surface area contributed by atoms with E-state index in [1.165, 1.54) is 18.4 Å². The summed E-state index contributed by atoms with van der Waals surface area (Å²) in [6, 6.07) is -0.725. The number of hydrogen-bond acceptors (Lipinski definition) is 5. The highest BCUT2D eigenvalue weighted by Gasteiger charge is 2.53. The van der Waals surface area contributed by atoms with E-state index < -0.39 is 18.0 Å². The highest BCUT2D eigenvalue weighted by Crippen LogP contribution is 2.22. The van der Waals surface area contributed by atoms with Gasteiger partial charge in [-0.1, -0.05) is 13.3 Å². The molecule has 0 radical (unpaired) electrons. The van der Waals surface area contributed by atoms with Crippen molar-refractivity contribution in [3.8, 4) is 0 Å². The molecule has 2 saturated heterocycles. The zero-order valence-corrected chi connectivity index (χ0v) is 15.6. The quantitative estimate of drug-likeness (QED) is 0.662. The lowest BCUT2D eigenvalue weighted by Gasteiger charge is -2.34. The first-order valence-electron chi connectivity index (χ1n) is 9.13. The van der Waals surface area contributed by atoms with Crippen molar-refractivity contribution in [2.45, 2.75) is 44.7 Å². The Labute approximate surface area is 153 Å². The van der Waals surface area contributed by atoms with Crippen LogP contribution in [0, 0.1) is 0 Å². The molecule has 2 atom stereocenters. The molecule has 0 aromatic heterocycles. The van der Waals surface area contributed by atoms with Crippen molar-refractivity contribution < 1.29 is 19.0 Å². The molecule has 3 heterocycles. The molecule has 142 valence electrons. The summed E-state index contributed by atoms with van der Waals surface area (Å²) in [6.07, 6.45) is 4.52. The number of amides is 4. The number of piperidine rings is 1. The fourth-order valence-electron chi connectivity index (χ4n) is 4.04. The van der Waals surface area contributed by atoms with Gasteiger partial charge in [0.1, 0.15) is 6.54 Å². The maximum absolute atomic E-state index is 12.7. The molecule has 0 aliphatic carbocycles. The molecule has 0 aromatic carbocycles. The number of carbonyl (C=O) groups excluding carboxylic acids is 3. The molecule has 9 heteroatoms. The van der Waals surface area contributed by atoms with Gasteiger partial charge in [0, 0.05) is 20.1 Å². The van der Waals surface area contributed by atoms with Crippen LogP contribution in [0.25, 0.3) is 0 Å². The topological polar surface area (TPSA) is 102 Å². The predicted molar refractivity (Wildman–Crippen MR) is 96.0 cm³/mol. The lowest BCUT2D eigenvalue weighted by molar-refractivity contribution is -0.525. The van der Waals surface area contributed by atoms with Crippen LogP contribution in [-0.2, 0) is 9.59 Å². The number of aliphatic imine (C=N–C) groups is 1. The van der Waals surface area contributed by atoms with Crippen molar-refractivity contribution in [3.63, 3.8) is 0 Å². The smallest absolute Gasteiger partial charge is 0.333 e. The fraction of sp³-hybridized carbons (Fsp3) is 0.706. The lowest BCUT2D eigenvalue weighted by Crippen LogP contribution is -2.62. The highest BCUT2D eigenvalue weighted by molar-refractivity contribution is 6.23. The molecule has 2 fully saturated rings. The third kappa shape index (κ3) is 3.11.